The molecule has 1 aliphatic heterocycles. The van der Waals surface area contributed by atoms with Crippen molar-refractivity contribution in [3.8, 4) is 22.6 Å². The number of hydrogen-bond acceptors (Lipinski definition) is 4. The summed E-state index contributed by atoms with van der Waals surface area (Å²) in [6, 6.07) is 21.3. The lowest BCUT2D eigenvalue weighted by Crippen LogP contribution is -2.19. The SMILES string of the molecule is Oc1ccc2ccccc2c1-c1c(O)c(C2=NCCN2)cc2ccccc12. The van der Waals surface area contributed by atoms with E-state index in [0.717, 1.165) is 28.1 Å². The van der Waals surface area contributed by atoms with E-state index < -0.39 is 0 Å². The minimum Gasteiger partial charge on any atom is -0.507 e. The van der Waals surface area contributed by atoms with Gasteiger partial charge >= 0.3 is 0 Å². The van der Waals surface area contributed by atoms with Crippen molar-refractivity contribution < 1.29 is 10.2 Å². The largest absolute Gasteiger partial charge is 0.507 e. The molecule has 0 aliphatic carbocycles. The quantitative estimate of drug-likeness (QED) is 0.499. The first-order valence-electron chi connectivity index (χ1n) is 8.98. The van der Waals surface area contributed by atoms with Crippen LogP contribution >= 0.6 is 0 Å². The number of phenols is 2. The summed E-state index contributed by atoms with van der Waals surface area (Å²) in [4.78, 5) is 4.48. The molecule has 4 aromatic carbocycles. The maximum atomic E-state index is 11.3. The normalized spacial score (nSPS) is 13.7. The van der Waals surface area contributed by atoms with E-state index in [4.69, 9.17) is 0 Å². The van der Waals surface area contributed by atoms with Crippen LogP contribution in [-0.2, 0) is 0 Å². The summed E-state index contributed by atoms with van der Waals surface area (Å²) in [5.74, 6) is 0.973. The fourth-order valence-corrected chi connectivity index (χ4v) is 3.87. The summed E-state index contributed by atoms with van der Waals surface area (Å²) in [6.07, 6.45) is 0. The Bertz CT molecular complexity index is 1230. The highest BCUT2D eigenvalue weighted by atomic mass is 16.3. The predicted octanol–water partition coefficient (Wildman–Crippen LogP) is 4.42. The molecule has 132 valence electrons. The van der Waals surface area contributed by atoms with Crippen molar-refractivity contribution in [3.63, 3.8) is 0 Å². The molecule has 0 fully saturated rings. The van der Waals surface area contributed by atoms with Gasteiger partial charge in [0.2, 0.25) is 0 Å². The topological polar surface area (TPSA) is 64.8 Å². The highest BCUT2D eigenvalue weighted by Gasteiger charge is 2.22. The number of benzene rings is 4. The van der Waals surface area contributed by atoms with Gasteiger partial charge < -0.3 is 15.5 Å². The van der Waals surface area contributed by atoms with E-state index in [1.807, 2.05) is 60.7 Å². The van der Waals surface area contributed by atoms with Crippen molar-refractivity contribution in [2.24, 2.45) is 4.99 Å². The number of phenolic OH excluding ortho intramolecular Hbond substituents is 2. The number of amidine groups is 1. The van der Waals surface area contributed by atoms with Crippen LogP contribution in [0.4, 0.5) is 0 Å². The summed E-state index contributed by atoms with van der Waals surface area (Å²) in [7, 11) is 0. The van der Waals surface area contributed by atoms with Gasteiger partial charge in [-0.3, -0.25) is 4.99 Å². The van der Waals surface area contributed by atoms with Gasteiger partial charge in [0.15, 0.2) is 0 Å². The minimum atomic E-state index is 0.133. The van der Waals surface area contributed by atoms with Crippen molar-refractivity contribution >= 4 is 27.4 Å². The molecule has 3 N–H and O–H groups in total. The highest BCUT2D eigenvalue weighted by Crippen LogP contribution is 2.46. The Balaban J connectivity index is 1.94. The lowest BCUT2D eigenvalue weighted by Gasteiger charge is -2.17. The Morgan fingerprint density at radius 3 is 2.22 bits per heavy atom. The molecule has 0 bridgehead atoms. The van der Waals surface area contributed by atoms with Crippen LogP contribution in [0.5, 0.6) is 11.5 Å². The highest BCUT2D eigenvalue weighted by molar-refractivity contribution is 6.15. The molecule has 1 aliphatic rings. The monoisotopic (exact) mass is 354 g/mol. The maximum Gasteiger partial charge on any atom is 0.135 e. The van der Waals surface area contributed by atoms with Crippen LogP contribution < -0.4 is 5.32 Å². The number of aromatic hydroxyl groups is 2. The van der Waals surface area contributed by atoms with E-state index in [9.17, 15) is 10.2 Å². The molecule has 0 atom stereocenters. The molecule has 27 heavy (non-hydrogen) atoms. The van der Waals surface area contributed by atoms with Crippen molar-refractivity contribution in [1.29, 1.82) is 0 Å². The molecular weight excluding hydrogens is 336 g/mol. The van der Waals surface area contributed by atoms with E-state index >= 15 is 0 Å². The third-order valence-corrected chi connectivity index (χ3v) is 5.11. The summed E-state index contributed by atoms with van der Waals surface area (Å²) >= 11 is 0. The van der Waals surface area contributed by atoms with Gasteiger partial charge in [0.25, 0.3) is 0 Å². The van der Waals surface area contributed by atoms with E-state index in [-0.39, 0.29) is 11.5 Å². The third kappa shape index (κ3) is 2.41. The second-order valence-corrected chi connectivity index (χ2v) is 6.71. The van der Waals surface area contributed by atoms with Crippen molar-refractivity contribution in [2.45, 2.75) is 0 Å². The van der Waals surface area contributed by atoms with E-state index in [1.54, 1.807) is 6.07 Å². The van der Waals surface area contributed by atoms with Gasteiger partial charge in [-0.2, -0.15) is 0 Å². The first-order chi connectivity index (χ1) is 13.2. The molecule has 0 saturated carbocycles. The van der Waals surface area contributed by atoms with Gasteiger partial charge in [-0.1, -0.05) is 54.6 Å². The first-order valence-corrected chi connectivity index (χ1v) is 8.98. The Hall–Kier alpha value is -3.53. The van der Waals surface area contributed by atoms with E-state index in [0.29, 0.717) is 29.1 Å². The third-order valence-electron chi connectivity index (χ3n) is 5.11. The van der Waals surface area contributed by atoms with Crippen molar-refractivity contribution in [2.75, 3.05) is 13.1 Å². The van der Waals surface area contributed by atoms with Gasteiger partial charge in [0.05, 0.1) is 12.1 Å². The zero-order valence-electron chi connectivity index (χ0n) is 14.6. The van der Waals surface area contributed by atoms with Crippen LogP contribution in [0.1, 0.15) is 5.56 Å². The number of fused-ring (bicyclic) bond motifs is 2. The van der Waals surface area contributed by atoms with Crippen molar-refractivity contribution in [3.05, 3.63) is 72.3 Å². The number of nitrogens with zero attached hydrogens (tertiary/aromatic N) is 1. The zero-order valence-corrected chi connectivity index (χ0v) is 14.6. The molecule has 0 radical (unpaired) electrons. The molecular formula is C23H18N2O2. The fraction of sp³-hybridized carbons (Fsp3) is 0.0870. The minimum absolute atomic E-state index is 0.133. The lowest BCUT2D eigenvalue weighted by atomic mass is 9.90. The lowest BCUT2D eigenvalue weighted by molar-refractivity contribution is 0.469. The van der Waals surface area contributed by atoms with Gasteiger partial charge in [0, 0.05) is 17.7 Å². The van der Waals surface area contributed by atoms with Crippen LogP contribution in [0.3, 0.4) is 0 Å². The Morgan fingerprint density at radius 1 is 0.778 bits per heavy atom. The smallest absolute Gasteiger partial charge is 0.135 e. The predicted molar refractivity (Wildman–Crippen MR) is 110 cm³/mol. The van der Waals surface area contributed by atoms with Gasteiger partial charge in [-0.25, -0.2) is 0 Å². The number of nitrogens with one attached hydrogen (secondary N) is 1. The molecule has 4 heteroatoms. The molecule has 4 nitrogen and oxygen atoms in total. The Labute approximate surface area is 156 Å². The van der Waals surface area contributed by atoms with E-state index in [2.05, 4.69) is 10.3 Å². The van der Waals surface area contributed by atoms with Gasteiger partial charge in [0.1, 0.15) is 17.3 Å². The van der Waals surface area contributed by atoms with Crippen LogP contribution in [0.15, 0.2) is 71.7 Å². The molecule has 1 heterocycles. The molecule has 0 amide bonds. The Morgan fingerprint density at radius 2 is 1.48 bits per heavy atom. The summed E-state index contributed by atoms with van der Waals surface area (Å²) in [5.41, 5.74) is 1.93. The van der Waals surface area contributed by atoms with Crippen LogP contribution in [-0.4, -0.2) is 29.1 Å². The van der Waals surface area contributed by atoms with Crippen LogP contribution in [0, 0.1) is 0 Å². The number of aliphatic imine (C=N–C) groups is 1. The van der Waals surface area contributed by atoms with Crippen LogP contribution in [0.25, 0.3) is 32.7 Å². The molecule has 0 spiro atoms. The first kappa shape index (κ1) is 15.7. The van der Waals surface area contributed by atoms with Crippen molar-refractivity contribution in [1.82, 2.24) is 5.32 Å². The number of rotatable bonds is 2. The summed E-state index contributed by atoms with van der Waals surface area (Å²) in [5, 5.41) is 29.0. The molecule has 0 saturated heterocycles. The second kappa shape index (κ2) is 6.02. The average molecular weight is 354 g/mol. The van der Waals surface area contributed by atoms with Gasteiger partial charge in [-0.15, -0.1) is 0 Å². The molecule has 4 aromatic rings. The summed E-state index contributed by atoms with van der Waals surface area (Å²) < 4.78 is 0. The molecule has 0 unspecified atom stereocenters. The standard InChI is InChI=1S/C23H18N2O2/c26-19-10-9-14-5-1-3-7-16(14)20(19)21-17-8-4-2-6-15(17)13-18(22(21)27)23-24-11-12-25-23/h1-10,13,26-27H,11-12H2,(H,24,25). The van der Waals surface area contributed by atoms with E-state index in [1.165, 1.54) is 0 Å². The zero-order chi connectivity index (χ0) is 18.4. The van der Waals surface area contributed by atoms with Gasteiger partial charge in [-0.05, 0) is 33.7 Å². The summed E-state index contributed by atoms with van der Waals surface area (Å²) in [6.45, 7) is 1.45. The Kier molecular flexibility index (Phi) is 3.50. The molecule has 0 aromatic heterocycles. The van der Waals surface area contributed by atoms with Crippen LogP contribution in [0.2, 0.25) is 0 Å². The molecule has 5 rings (SSSR count). The number of hydrogen-bond donors (Lipinski definition) is 3. The average Bonchev–Trinajstić information content (AvgIpc) is 3.23. The second-order valence-electron chi connectivity index (χ2n) is 6.71. The maximum absolute atomic E-state index is 11.3. The fourth-order valence-electron chi connectivity index (χ4n) is 3.87.